The summed E-state index contributed by atoms with van der Waals surface area (Å²) in [7, 11) is 0. The number of aliphatic hydroxyl groups is 1. The Morgan fingerprint density at radius 2 is 2.04 bits per heavy atom. The molecule has 1 amide bonds. The number of H-pyrrole nitrogens is 1. The van der Waals surface area contributed by atoms with Gasteiger partial charge in [0.25, 0.3) is 5.91 Å². The van der Waals surface area contributed by atoms with E-state index in [0.29, 0.717) is 23.6 Å². The molecule has 0 spiro atoms. The van der Waals surface area contributed by atoms with Crippen molar-refractivity contribution in [2.45, 2.75) is 25.5 Å². The van der Waals surface area contributed by atoms with Crippen LogP contribution >= 0.6 is 11.6 Å². The monoisotopic (exact) mass is 355 g/mol. The topological polar surface area (TPSA) is 69.2 Å². The number of hydrogen-bond donors (Lipinski definition) is 2. The normalized spacial score (nSPS) is 20.4. The number of likely N-dealkylation sites (tertiary alicyclic amines) is 1. The standard InChI is InChI=1S/C19H18ClN3O2/c1-11-16-8-13(4-7-17(16)22-21-11)19(25)23-10-15(24)9-18(23)12-2-5-14(20)6-3-12/h2-8,15,18,24H,9-10H2,1H3,(H,21,22)/t15-,18+/m1/s1. The summed E-state index contributed by atoms with van der Waals surface area (Å²) in [5.74, 6) is -0.0843. The number of fused-ring (bicyclic) bond motifs is 1. The summed E-state index contributed by atoms with van der Waals surface area (Å²) >= 11 is 5.96. The molecule has 0 radical (unpaired) electrons. The predicted octanol–water partition coefficient (Wildman–Crippen LogP) is 3.47. The van der Waals surface area contributed by atoms with Crippen LogP contribution in [0.3, 0.4) is 0 Å². The van der Waals surface area contributed by atoms with E-state index in [1.54, 1.807) is 11.0 Å². The number of carbonyl (C=O) groups excluding carboxylic acids is 1. The Morgan fingerprint density at radius 3 is 2.80 bits per heavy atom. The van der Waals surface area contributed by atoms with E-state index in [1.165, 1.54) is 0 Å². The number of β-amino-alcohol motifs (C(OH)–C–C–N with tert-alkyl or cyclic N) is 1. The number of amides is 1. The quantitative estimate of drug-likeness (QED) is 0.739. The Kier molecular flexibility index (Phi) is 3.98. The van der Waals surface area contributed by atoms with Crippen molar-refractivity contribution in [3.05, 3.63) is 64.3 Å². The van der Waals surface area contributed by atoms with Crippen LogP contribution in [0.15, 0.2) is 42.5 Å². The molecule has 1 saturated heterocycles. The van der Waals surface area contributed by atoms with Crippen molar-refractivity contribution < 1.29 is 9.90 Å². The zero-order valence-corrected chi connectivity index (χ0v) is 14.5. The van der Waals surface area contributed by atoms with Gasteiger partial charge in [-0.3, -0.25) is 9.89 Å². The molecule has 0 saturated carbocycles. The molecule has 5 nitrogen and oxygen atoms in total. The highest BCUT2D eigenvalue weighted by Crippen LogP contribution is 2.34. The summed E-state index contributed by atoms with van der Waals surface area (Å²) in [6.07, 6.45) is 0.00407. The van der Waals surface area contributed by atoms with E-state index in [1.807, 2.05) is 43.3 Å². The largest absolute Gasteiger partial charge is 0.391 e. The number of benzene rings is 2. The molecule has 2 atom stereocenters. The fourth-order valence-electron chi connectivity index (χ4n) is 3.48. The second kappa shape index (κ2) is 6.17. The molecule has 25 heavy (non-hydrogen) atoms. The highest BCUT2D eigenvalue weighted by Gasteiger charge is 2.35. The Hall–Kier alpha value is -2.37. The predicted molar refractivity (Wildman–Crippen MR) is 96.7 cm³/mol. The molecule has 0 unspecified atom stereocenters. The number of carbonyl (C=O) groups is 1. The van der Waals surface area contributed by atoms with Crippen molar-refractivity contribution >= 4 is 28.4 Å². The number of rotatable bonds is 2. The summed E-state index contributed by atoms with van der Waals surface area (Å²) in [6.45, 7) is 2.23. The fraction of sp³-hybridized carbons (Fsp3) is 0.263. The summed E-state index contributed by atoms with van der Waals surface area (Å²) < 4.78 is 0. The maximum Gasteiger partial charge on any atom is 0.254 e. The number of hydrogen-bond acceptors (Lipinski definition) is 3. The van der Waals surface area contributed by atoms with E-state index in [2.05, 4.69) is 10.2 Å². The number of aromatic nitrogens is 2. The zero-order valence-electron chi connectivity index (χ0n) is 13.7. The van der Waals surface area contributed by atoms with Gasteiger partial charge < -0.3 is 10.0 Å². The van der Waals surface area contributed by atoms with Crippen LogP contribution in [0, 0.1) is 6.92 Å². The minimum absolute atomic E-state index is 0.0843. The average Bonchev–Trinajstić information content (AvgIpc) is 3.18. The third kappa shape index (κ3) is 2.90. The molecule has 3 aromatic rings. The fourth-order valence-corrected chi connectivity index (χ4v) is 3.61. The van der Waals surface area contributed by atoms with Gasteiger partial charge in [0.2, 0.25) is 0 Å². The lowest BCUT2D eigenvalue weighted by Gasteiger charge is -2.25. The first-order valence-corrected chi connectivity index (χ1v) is 8.60. The lowest BCUT2D eigenvalue weighted by atomic mass is 10.0. The second-order valence-corrected chi connectivity index (χ2v) is 6.92. The van der Waals surface area contributed by atoms with E-state index in [-0.39, 0.29) is 11.9 Å². The van der Waals surface area contributed by atoms with Crippen LogP contribution in [-0.4, -0.2) is 38.8 Å². The van der Waals surface area contributed by atoms with E-state index in [4.69, 9.17) is 11.6 Å². The number of nitrogens with one attached hydrogen (secondary N) is 1. The van der Waals surface area contributed by atoms with Gasteiger partial charge in [-0.05, 0) is 49.2 Å². The maximum absolute atomic E-state index is 13.1. The third-order valence-electron chi connectivity index (χ3n) is 4.80. The van der Waals surface area contributed by atoms with Crippen LogP contribution in [0.4, 0.5) is 0 Å². The van der Waals surface area contributed by atoms with Crippen LogP contribution in [0.2, 0.25) is 5.02 Å². The molecule has 1 aliphatic heterocycles. The molecular formula is C19H18ClN3O2. The lowest BCUT2D eigenvalue weighted by Crippen LogP contribution is -2.31. The first kappa shape index (κ1) is 16.1. The van der Waals surface area contributed by atoms with Crippen molar-refractivity contribution in [1.82, 2.24) is 15.1 Å². The smallest absolute Gasteiger partial charge is 0.254 e. The summed E-state index contributed by atoms with van der Waals surface area (Å²) in [5, 5.41) is 18.8. The molecule has 128 valence electrons. The summed E-state index contributed by atoms with van der Waals surface area (Å²) in [5.41, 5.74) is 3.35. The van der Waals surface area contributed by atoms with Crippen molar-refractivity contribution in [1.29, 1.82) is 0 Å². The second-order valence-electron chi connectivity index (χ2n) is 6.48. The van der Waals surface area contributed by atoms with Gasteiger partial charge in [0.05, 0.1) is 23.4 Å². The molecule has 0 aliphatic carbocycles. The summed E-state index contributed by atoms with van der Waals surface area (Å²) in [6, 6.07) is 12.8. The number of aromatic amines is 1. The van der Waals surface area contributed by atoms with Gasteiger partial charge in [0, 0.05) is 22.5 Å². The van der Waals surface area contributed by atoms with E-state index >= 15 is 0 Å². The Bertz CT molecular complexity index is 935. The van der Waals surface area contributed by atoms with Crippen LogP contribution in [0.25, 0.3) is 10.9 Å². The molecule has 1 fully saturated rings. The molecular weight excluding hydrogens is 338 g/mol. The number of halogens is 1. The average molecular weight is 356 g/mol. The minimum Gasteiger partial charge on any atom is -0.391 e. The molecule has 2 heterocycles. The highest BCUT2D eigenvalue weighted by molar-refractivity contribution is 6.30. The van der Waals surface area contributed by atoms with Crippen molar-refractivity contribution in [2.24, 2.45) is 0 Å². The first-order valence-electron chi connectivity index (χ1n) is 8.22. The van der Waals surface area contributed by atoms with Crippen molar-refractivity contribution in [3.63, 3.8) is 0 Å². The van der Waals surface area contributed by atoms with Crippen LogP contribution < -0.4 is 0 Å². The van der Waals surface area contributed by atoms with Gasteiger partial charge in [0.1, 0.15) is 0 Å². The molecule has 1 aromatic heterocycles. The zero-order chi connectivity index (χ0) is 17.6. The minimum atomic E-state index is -0.524. The van der Waals surface area contributed by atoms with Gasteiger partial charge in [-0.25, -0.2) is 0 Å². The van der Waals surface area contributed by atoms with E-state index < -0.39 is 6.10 Å². The SMILES string of the molecule is Cc1n[nH]c2ccc(C(=O)N3C[C@H](O)C[C@H]3c3ccc(Cl)cc3)cc12. The molecule has 1 aliphatic rings. The van der Waals surface area contributed by atoms with Gasteiger partial charge in [-0.2, -0.15) is 5.10 Å². The first-order chi connectivity index (χ1) is 12.0. The number of aryl methyl sites for hydroxylation is 1. The van der Waals surface area contributed by atoms with E-state index in [9.17, 15) is 9.90 Å². The number of aliphatic hydroxyl groups excluding tert-OH is 1. The molecule has 6 heteroatoms. The van der Waals surface area contributed by atoms with Gasteiger partial charge in [-0.15, -0.1) is 0 Å². The van der Waals surface area contributed by atoms with Crippen molar-refractivity contribution in [2.75, 3.05) is 6.54 Å². The van der Waals surface area contributed by atoms with Crippen LogP contribution in [-0.2, 0) is 0 Å². The Balaban J connectivity index is 1.68. The molecule has 0 bridgehead atoms. The van der Waals surface area contributed by atoms with Gasteiger partial charge >= 0.3 is 0 Å². The maximum atomic E-state index is 13.1. The molecule has 2 N–H and O–H groups in total. The van der Waals surface area contributed by atoms with Gasteiger partial charge in [-0.1, -0.05) is 23.7 Å². The van der Waals surface area contributed by atoms with Gasteiger partial charge in [0.15, 0.2) is 0 Å². The Labute approximate surface area is 150 Å². The van der Waals surface area contributed by atoms with E-state index in [0.717, 1.165) is 22.2 Å². The number of nitrogens with zero attached hydrogens (tertiary/aromatic N) is 2. The van der Waals surface area contributed by atoms with Crippen molar-refractivity contribution in [3.8, 4) is 0 Å². The lowest BCUT2D eigenvalue weighted by molar-refractivity contribution is 0.0716. The van der Waals surface area contributed by atoms with Crippen LogP contribution in [0.1, 0.15) is 34.1 Å². The molecule has 4 rings (SSSR count). The Morgan fingerprint density at radius 1 is 1.28 bits per heavy atom. The molecule has 2 aromatic carbocycles. The summed E-state index contributed by atoms with van der Waals surface area (Å²) in [4.78, 5) is 14.8. The van der Waals surface area contributed by atoms with Crippen LogP contribution in [0.5, 0.6) is 0 Å². The third-order valence-corrected chi connectivity index (χ3v) is 5.05. The highest BCUT2D eigenvalue weighted by atomic mass is 35.5.